The highest BCUT2D eigenvalue weighted by molar-refractivity contribution is 6.30. The van der Waals surface area contributed by atoms with E-state index < -0.39 is 0 Å². The number of nitrogens with one attached hydrogen (secondary N) is 1. The Kier molecular flexibility index (Phi) is 5.78. The molecule has 0 saturated carbocycles. The lowest BCUT2D eigenvalue weighted by Crippen LogP contribution is -2.46. The largest absolute Gasteiger partial charge is 0.371 e. The first-order valence-electron chi connectivity index (χ1n) is 8.52. The number of nitrogens with zero attached hydrogens (tertiary/aromatic N) is 2. The van der Waals surface area contributed by atoms with Gasteiger partial charge in [-0.1, -0.05) is 23.7 Å². The Morgan fingerprint density at radius 2 is 1.73 bits per heavy atom. The van der Waals surface area contributed by atoms with Crippen LogP contribution < -0.4 is 10.2 Å². The number of allylic oxidation sites excluding steroid dienone is 1. The Morgan fingerprint density at radius 3 is 2.38 bits per heavy atom. The number of para-hydroxylation sites is 1. The van der Waals surface area contributed by atoms with E-state index in [1.807, 2.05) is 17.9 Å². The second kappa shape index (κ2) is 8.23. The fourth-order valence-corrected chi connectivity index (χ4v) is 3.13. The van der Waals surface area contributed by atoms with Crippen molar-refractivity contribution >= 4 is 28.9 Å². The number of carbonyl (C=O) groups excluding carboxylic acids is 1. The Balaban J connectivity index is 1.56. The van der Waals surface area contributed by atoms with Crippen LogP contribution in [0.1, 0.15) is 6.92 Å². The quantitative estimate of drug-likeness (QED) is 0.818. The average molecular weight is 374 g/mol. The summed E-state index contributed by atoms with van der Waals surface area (Å²) in [6.07, 6.45) is 1.59. The molecule has 0 radical (unpaired) electrons. The van der Waals surface area contributed by atoms with Gasteiger partial charge in [0, 0.05) is 48.7 Å². The summed E-state index contributed by atoms with van der Waals surface area (Å²) >= 11 is 5.84. The third kappa shape index (κ3) is 4.55. The van der Waals surface area contributed by atoms with Crippen molar-refractivity contribution in [1.29, 1.82) is 0 Å². The maximum absolute atomic E-state index is 13.9. The van der Waals surface area contributed by atoms with Crippen LogP contribution in [0.3, 0.4) is 0 Å². The van der Waals surface area contributed by atoms with Crippen LogP contribution in [0.25, 0.3) is 0 Å². The maximum atomic E-state index is 13.9. The molecule has 6 heteroatoms. The summed E-state index contributed by atoms with van der Waals surface area (Å²) < 4.78 is 13.9. The van der Waals surface area contributed by atoms with Crippen LogP contribution in [0.15, 0.2) is 60.3 Å². The Labute approximate surface area is 157 Å². The van der Waals surface area contributed by atoms with Gasteiger partial charge < -0.3 is 15.1 Å². The lowest BCUT2D eigenvalue weighted by atomic mass is 10.2. The number of rotatable bonds is 4. The van der Waals surface area contributed by atoms with E-state index in [2.05, 4.69) is 10.2 Å². The van der Waals surface area contributed by atoms with Gasteiger partial charge in [-0.25, -0.2) is 4.39 Å². The van der Waals surface area contributed by atoms with E-state index in [1.165, 1.54) is 6.07 Å². The Bertz CT molecular complexity index is 799. The lowest BCUT2D eigenvalue weighted by Gasteiger charge is -2.37. The number of anilines is 2. The number of halogens is 2. The fraction of sp³-hybridized carbons (Fsp3) is 0.250. The monoisotopic (exact) mass is 373 g/mol. The summed E-state index contributed by atoms with van der Waals surface area (Å²) in [6.45, 7) is 4.83. The third-order valence-corrected chi connectivity index (χ3v) is 4.68. The molecule has 1 fully saturated rings. The van der Waals surface area contributed by atoms with Crippen molar-refractivity contribution < 1.29 is 9.18 Å². The summed E-state index contributed by atoms with van der Waals surface area (Å²) in [4.78, 5) is 16.3. The van der Waals surface area contributed by atoms with Gasteiger partial charge in [0.2, 0.25) is 5.91 Å². The maximum Gasteiger partial charge on any atom is 0.250 e. The van der Waals surface area contributed by atoms with Gasteiger partial charge in [-0.3, -0.25) is 4.79 Å². The van der Waals surface area contributed by atoms with Crippen LogP contribution in [0, 0.1) is 5.82 Å². The van der Waals surface area contributed by atoms with Gasteiger partial charge in [0.05, 0.1) is 5.69 Å². The van der Waals surface area contributed by atoms with Gasteiger partial charge >= 0.3 is 0 Å². The summed E-state index contributed by atoms with van der Waals surface area (Å²) in [5.74, 6) is -0.378. The fourth-order valence-electron chi connectivity index (χ4n) is 3.00. The molecular weight excluding hydrogens is 353 g/mol. The number of benzene rings is 2. The molecule has 1 heterocycles. The molecule has 1 amide bonds. The molecule has 0 aliphatic carbocycles. The van der Waals surface area contributed by atoms with E-state index in [9.17, 15) is 9.18 Å². The van der Waals surface area contributed by atoms with Crippen molar-refractivity contribution in [2.75, 3.05) is 36.4 Å². The molecule has 0 atom stereocenters. The van der Waals surface area contributed by atoms with E-state index in [4.69, 9.17) is 11.6 Å². The number of piperazine rings is 1. The van der Waals surface area contributed by atoms with E-state index in [-0.39, 0.29) is 11.7 Å². The van der Waals surface area contributed by atoms with E-state index in [0.717, 1.165) is 18.8 Å². The van der Waals surface area contributed by atoms with Gasteiger partial charge in [0.1, 0.15) is 5.82 Å². The van der Waals surface area contributed by atoms with E-state index >= 15 is 0 Å². The molecule has 136 valence electrons. The van der Waals surface area contributed by atoms with Crippen molar-refractivity contribution in [3.05, 3.63) is 71.1 Å². The van der Waals surface area contributed by atoms with Gasteiger partial charge in [-0.15, -0.1) is 0 Å². The summed E-state index contributed by atoms with van der Waals surface area (Å²) in [5, 5.41) is 3.45. The molecule has 2 aromatic rings. The predicted molar refractivity (Wildman–Crippen MR) is 104 cm³/mol. The molecule has 26 heavy (non-hydrogen) atoms. The molecule has 3 rings (SSSR count). The molecule has 1 N–H and O–H groups in total. The van der Waals surface area contributed by atoms with Gasteiger partial charge in [-0.05, 0) is 43.3 Å². The molecule has 0 aromatic heterocycles. The van der Waals surface area contributed by atoms with E-state index in [1.54, 1.807) is 42.5 Å². The molecule has 0 unspecified atom stereocenters. The molecule has 1 saturated heterocycles. The summed E-state index contributed by atoms with van der Waals surface area (Å²) in [5.41, 5.74) is 2.23. The highest BCUT2D eigenvalue weighted by Gasteiger charge is 2.19. The predicted octanol–water partition coefficient (Wildman–Crippen LogP) is 4.14. The highest BCUT2D eigenvalue weighted by Crippen LogP contribution is 2.21. The number of carbonyl (C=O) groups is 1. The SMILES string of the molecule is C/C(=C/C(=O)Nc1ccc(Cl)cc1)N1CCN(c2ccccc2F)CC1. The van der Waals surface area contributed by atoms with Crippen LogP contribution in [0.5, 0.6) is 0 Å². The van der Waals surface area contributed by atoms with Gasteiger partial charge in [-0.2, -0.15) is 0 Å². The topological polar surface area (TPSA) is 35.6 Å². The van der Waals surface area contributed by atoms with Crippen LogP contribution in [-0.4, -0.2) is 37.0 Å². The van der Waals surface area contributed by atoms with Crippen LogP contribution in [0.4, 0.5) is 15.8 Å². The minimum atomic E-state index is -0.199. The molecule has 0 bridgehead atoms. The zero-order valence-corrected chi connectivity index (χ0v) is 15.3. The van der Waals surface area contributed by atoms with Crippen molar-refractivity contribution in [1.82, 2.24) is 4.90 Å². The third-order valence-electron chi connectivity index (χ3n) is 4.42. The van der Waals surface area contributed by atoms with Crippen molar-refractivity contribution in [3.8, 4) is 0 Å². The summed E-state index contributed by atoms with van der Waals surface area (Å²) in [7, 11) is 0. The molecule has 1 aliphatic rings. The normalized spacial score (nSPS) is 15.1. The average Bonchev–Trinajstić information content (AvgIpc) is 2.64. The smallest absolute Gasteiger partial charge is 0.250 e. The number of amides is 1. The van der Waals surface area contributed by atoms with Crippen LogP contribution in [0.2, 0.25) is 5.02 Å². The Morgan fingerprint density at radius 1 is 1.08 bits per heavy atom. The zero-order valence-electron chi connectivity index (χ0n) is 14.6. The van der Waals surface area contributed by atoms with E-state index in [0.29, 0.717) is 29.5 Å². The van der Waals surface area contributed by atoms with Crippen molar-refractivity contribution in [2.24, 2.45) is 0 Å². The van der Waals surface area contributed by atoms with Gasteiger partial charge in [0.15, 0.2) is 0 Å². The standard InChI is InChI=1S/C20H21ClFN3O/c1-15(14-20(26)23-17-8-6-16(21)7-9-17)24-10-12-25(13-11-24)19-5-3-2-4-18(19)22/h2-9,14H,10-13H2,1H3,(H,23,26)/b15-14-. The first-order valence-corrected chi connectivity index (χ1v) is 8.90. The second-order valence-electron chi connectivity index (χ2n) is 6.21. The first-order chi connectivity index (χ1) is 12.5. The molecule has 4 nitrogen and oxygen atoms in total. The van der Waals surface area contributed by atoms with Crippen LogP contribution in [-0.2, 0) is 4.79 Å². The minimum absolute atomic E-state index is 0.179. The molecule has 0 spiro atoms. The molecule has 2 aromatic carbocycles. The van der Waals surface area contributed by atoms with Crippen molar-refractivity contribution in [3.63, 3.8) is 0 Å². The molecule has 1 aliphatic heterocycles. The van der Waals surface area contributed by atoms with Crippen LogP contribution >= 0.6 is 11.6 Å². The number of hydrogen-bond donors (Lipinski definition) is 1. The summed E-state index contributed by atoms with van der Waals surface area (Å²) in [6, 6.07) is 13.8. The van der Waals surface area contributed by atoms with Crippen molar-refractivity contribution in [2.45, 2.75) is 6.92 Å². The second-order valence-corrected chi connectivity index (χ2v) is 6.64. The Hall–Kier alpha value is -2.53. The zero-order chi connectivity index (χ0) is 18.5. The number of hydrogen-bond acceptors (Lipinski definition) is 3. The first kappa shape index (κ1) is 18.3. The minimum Gasteiger partial charge on any atom is -0.371 e. The molecular formula is C20H21ClFN3O. The highest BCUT2D eigenvalue weighted by atomic mass is 35.5. The lowest BCUT2D eigenvalue weighted by molar-refractivity contribution is -0.112. The van der Waals surface area contributed by atoms with Gasteiger partial charge in [0.25, 0.3) is 0 Å².